The highest BCUT2D eigenvalue weighted by molar-refractivity contribution is 7.80. The van der Waals surface area contributed by atoms with Crippen molar-refractivity contribution in [3.63, 3.8) is 0 Å². The molecule has 1 saturated heterocycles. The average molecular weight is 356 g/mol. The lowest BCUT2D eigenvalue weighted by molar-refractivity contribution is 0.0601. The molecule has 1 aromatic heterocycles. The van der Waals surface area contributed by atoms with Gasteiger partial charge in [-0.25, -0.2) is 4.79 Å². The van der Waals surface area contributed by atoms with E-state index in [-0.39, 0.29) is 5.97 Å². The number of anilines is 1. The lowest BCUT2D eigenvalue weighted by Crippen LogP contribution is -2.50. The number of piperazine rings is 1. The Balaban J connectivity index is 2.04. The largest absolute Gasteiger partial charge is 0.465 e. The highest BCUT2D eigenvalue weighted by Crippen LogP contribution is 2.33. The van der Waals surface area contributed by atoms with Gasteiger partial charge in [0.05, 0.1) is 12.7 Å². The predicted molar refractivity (Wildman–Crippen MR) is 99.7 cm³/mol. The predicted octanol–water partition coefficient (Wildman–Crippen LogP) is 2.88. The number of carbonyl (C=O) groups excluding carboxylic acids is 1. The summed E-state index contributed by atoms with van der Waals surface area (Å²) in [6.45, 7) is 11.2. The fraction of sp³-hybridized carbons (Fsp3) is 0.625. The summed E-state index contributed by atoms with van der Waals surface area (Å²) in [4.78, 5) is 17.8. The zero-order valence-corrected chi connectivity index (χ0v) is 15.9. The normalized spacial score (nSPS) is 15.6. The van der Waals surface area contributed by atoms with Crippen LogP contribution in [0.5, 0.6) is 0 Å². The maximum Gasteiger partial charge on any atom is 0.341 e. The first-order chi connectivity index (χ1) is 11.0. The molecular formula is C16H25N3O2S2. The third kappa shape index (κ3) is 4.22. The third-order valence-corrected chi connectivity index (χ3v) is 5.68. The zero-order valence-electron chi connectivity index (χ0n) is 14.3. The monoisotopic (exact) mass is 355 g/mol. The second-order valence-corrected chi connectivity index (χ2v) is 7.35. The molecule has 0 atom stereocenters. The average Bonchev–Trinajstić information content (AvgIpc) is 2.82. The molecule has 1 aromatic rings. The van der Waals surface area contributed by atoms with Crippen LogP contribution < -0.4 is 5.32 Å². The van der Waals surface area contributed by atoms with Crippen LogP contribution in [-0.2, 0) is 4.74 Å². The van der Waals surface area contributed by atoms with Crippen LogP contribution in [0, 0.1) is 13.8 Å². The van der Waals surface area contributed by atoms with E-state index in [1.54, 1.807) is 11.3 Å². The first kappa shape index (κ1) is 18.2. The Morgan fingerprint density at radius 3 is 2.52 bits per heavy atom. The van der Waals surface area contributed by atoms with Gasteiger partial charge in [-0.15, -0.1) is 11.3 Å². The van der Waals surface area contributed by atoms with E-state index in [1.807, 2.05) is 13.8 Å². The highest BCUT2D eigenvalue weighted by Gasteiger charge is 2.23. The summed E-state index contributed by atoms with van der Waals surface area (Å²) in [6.07, 6.45) is 1.18. The SMILES string of the molecule is CCCN1CCN(C(=S)Nc2sc(C)c(C)c2C(=O)OC)CC1. The standard InChI is InChI=1S/C16H25N3O2S2/c1-5-6-18-7-9-19(10-8-18)16(22)17-14-13(15(20)21-4)11(2)12(3)23-14/h5-10H2,1-4H3,(H,17,22). The van der Waals surface area contributed by atoms with Crippen molar-refractivity contribution >= 4 is 39.6 Å². The lowest BCUT2D eigenvalue weighted by Gasteiger charge is -2.36. The Morgan fingerprint density at radius 1 is 1.30 bits per heavy atom. The van der Waals surface area contributed by atoms with E-state index >= 15 is 0 Å². The molecule has 1 aliphatic rings. The number of ether oxygens (including phenoxy) is 1. The van der Waals surface area contributed by atoms with Gasteiger partial charge in [0, 0.05) is 31.1 Å². The van der Waals surface area contributed by atoms with Crippen molar-refractivity contribution in [1.82, 2.24) is 9.80 Å². The van der Waals surface area contributed by atoms with Gasteiger partial charge in [-0.1, -0.05) is 6.92 Å². The maximum atomic E-state index is 12.0. The summed E-state index contributed by atoms with van der Waals surface area (Å²) in [5, 5.41) is 4.73. The Labute approximate surface area is 147 Å². The van der Waals surface area contributed by atoms with Gasteiger partial charge in [0.15, 0.2) is 5.11 Å². The molecule has 1 aliphatic heterocycles. The molecule has 0 amide bonds. The van der Waals surface area contributed by atoms with Crippen LogP contribution in [0.2, 0.25) is 0 Å². The van der Waals surface area contributed by atoms with E-state index in [9.17, 15) is 4.79 Å². The topological polar surface area (TPSA) is 44.8 Å². The number of hydrogen-bond donors (Lipinski definition) is 1. The fourth-order valence-corrected chi connectivity index (χ4v) is 4.13. The van der Waals surface area contributed by atoms with Crippen molar-refractivity contribution in [3.8, 4) is 0 Å². The Kier molecular flexibility index (Phi) is 6.38. The van der Waals surface area contributed by atoms with E-state index in [2.05, 4.69) is 22.0 Å². The minimum Gasteiger partial charge on any atom is -0.465 e. The minimum absolute atomic E-state index is 0.315. The van der Waals surface area contributed by atoms with Crippen molar-refractivity contribution < 1.29 is 9.53 Å². The second-order valence-electron chi connectivity index (χ2n) is 5.74. The van der Waals surface area contributed by atoms with Gasteiger partial charge >= 0.3 is 5.97 Å². The lowest BCUT2D eigenvalue weighted by atomic mass is 10.1. The summed E-state index contributed by atoms with van der Waals surface area (Å²) in [7, 11) is 1.41. The summed E-state index contributed by atoms with van der Waals surface area (Å²) in [5.74, 6) is -0.315. The number of nitrogens with zero attached hydrogens (tertiary/aromatic N) is 2. The highest BCUT2D eigenvalue weighted by atomic mass is 32.1. The van der Waals surface area contributed by atoms with Gasteiger partial charge in [0.2, 0.25) is 0 Å². The van der Waals surface area contributed by atoms with Crippen LogP contribution >= 0.6 is 23.6 Å². The van der Waals surface area contributed by atoms with Gasteiger partial charge in [0.25, 0.3) is 0 Å². The quantitative estimate of drug-likeness (QED) is 0.662. The smallest absolute Gasteiger partial charge is 0.341 e. The zero-order chi connectivity index (χ0) is 17.0. The number of hydrogen-bond acceptors (Lipinski definition) is 5. The number of nitrogens with one attached hydrogen (secondary N) is 1. The summed E-state index contributed by atoms with van der Waals surface area (Å²) in [5.41, 5.74) is 1.56. The number of thiophene rings is 1. The molecule has 0 aliphatic carbocycles. The van der Waals surface area contributed by atoms with Crippen LogP contribution in [0.1, 0.15) is 34.1 Å². The minimum atomic E-state index is -0.315. The molecule has 23 heavy (non-hydrogen) atoms. The number of rotatable bonds is 4. The van der Waals surface area contributed by atoms with E-state index in [4.69, 9.17) is 17.0 Å². The Bertz CT molecular complexity index is 578. The van der Waals surface area contributed by atoms with Crippen molar-refractivity contribution in [2.24, 2.45) is 0 Å². The molecular weight excluding hydrogens is 330 g/mol. The molecule has 2 heterocycles. The maximum absolute atomic E-state index is 12.0. The molecule has 2 rings (SSSR count). The van der Waals surface area contributed by atoms with Crippen molar-refractivity contribution in [3.05, 3.63) is 16.0 Å². The molecule has 0 radical (unpaired) electrons. The van der Waals surface area contributed by atoms with Crippen molar-refractivity contribution in [2.75, 3.05) is 45.2 Å². The summed E-state index contributed by atoms with van der Waals surface area (Å²) in [6, 6.07) is 0. The van der Waals surface area contributed by atoms with Crippen LogP contribution in [0.15, 0.2) is 0 Å². The van der Waals surface area contributed by atoms with Crippen LogP contribution in [0.4, 0.5) is 5.00 Å². The third-order valence-electron chi connectivity index (χ3n) is 4.19. The van der Waals surface area contributed by atoms with Gasteiger partial charge < -0.3 is 15.0 Å². The van der Waals surface area contributed by atoms with Crippen LogP contribution in [-0.4, -0.2) is 60.7 Å². The van der Waals surface area contributed by atoms with Crippen molar-refractivity contribution in [2.45, 2.75) is 27.2 Å². The van der Waals surface area contributed by atoms with Gasteiger partial charge in [0.1, 0.15) is 5.00 Å². The molecule has 1 fully saturated rings. The molecule has 0 unspecified atom stereocenters. The number of aryl methyl sites for hydroxylation is 1. The van der Waals surface area contributed by atoms with E-state index in [0.717, 1.165) is 48.2 Å². The number of esters is 1. The molecule has 0 bridgehead atoms. The number of carbonyl (C=O) groups is 1. The first-order valence-electron chi connectivity index (χ1n) is 7.94. The molecule has 0 aromatic carbocycles. The second kappa shape index (κ2) is 8.08. The number of thiocarbonyl (C=S) groups is 1. The summed E-state index contributed by atoms with van der Waals surface area (Å²) < 4.78 is 4.90. The molecule has 0 saturated carbocycles. The molecule has 1 N–H and O–H groups in total. The van der Waals surface area contributed by atoms with Gasteiger partial charge in [-0.05, 0) is 44.6 Å². The van der Waals surface area contributed by atoms with E-state index in [0.29, 0.717) is 10.7 Å². The molecule has 0 spiro atoms. The van der Waals surface area contributed by atoms with E-state index < -0.39 is 0 Å². The first-order valence-corrected chi connectivity index (χ1v) is 9.17. The molecule has 7 heteroatoms. The summed E-state index contributed by atoms with van der Waals surface area (Å²) >= 11 is 7.09. The van der Waals surface area contributed by atoms with Crippen LogP contribution in [0.3, 0.4) is 0 Å². The Morgan fingerprint density at radius 2 is 1.96 bits per heavy atom. The van der Waals surface area contributed by atoms with E-state index in [1.165, 1.54) is 13.5 Å². The molecule has 5 nitrogen and oxygen atoms in total. The van der Waals surface area contributed by atoms with Gasteiger partial charge in [-0.2, -0.15) is 0 Å². The van der Waals surface area contributed by atoms with Crippen molar-refractivity contribution in [1.29, 1.82) is 0 Å². The van der Waals surface area contributed by atoms with Crippen LogP contribution in [0.25, 0.3) is 0 Å². The Hall–Kier alpha value is -1.18. The molecule has 128 valence electrons. The van der Waals surface area contributed by atoms with Gasteiger partial charge in [-0.3, -0.25) is 4.90 Å². The number of methoxy groups -OCH3 is 1. The fourth-order valence-electron chi connectivity index (χ4n) is 2.73.